The van der Waals surface area contributed by atoms with Crippen LogP contribution in [0.4, 0.5) is 0 Å². The molecular formula is C19H17NO2. The first-order valence-electron chi connectivity index (χ1n) is 7.06. The van der Waals surface area contributed by atoms with Gasteiger partial charge in [0.15, 0.2) is 0 Å². The van der Waals surface area contributed by atoms with E-state index in [1.54, 1.807) is 0 Å². The minimum absolute atomic E-state index is 0.338. The van der Waals surface area contributed by atoms with E-state index in [1.165, 1.54) is 7.11 Å². The number of aromatic nitrogens is 1. The number of carbonyl (C=O) groups is 1. The first kappa shape index (κ1) is 14.1. The van der Waals surface area contributed by atoms with Gasteiger partial charge in [0.05, 0.1) is 23.9 Å². The van der Waals surface area contributed by atoms with E-state index in [1.807, 2.05) is 66.1 Å². The number of carbonyl (C=O) groups excluding carboxylic acids is 1. The van der Waals surface area contributed by atoms with E-state index in [-0.39, 0.29) is 5.97 Å². The van der Waals surface area contributed by atoms with Gasteiger partial charge in [-0.05, 0) is 41.8 Å². The smallest absolute Gasteiger partial charge is 0.340 e. The summed E-state index contributed by atoms with van der Waals surface area (Å²) in [6, 6.07) is 15.8. The van der Waals surface area contributed by atoms with Gasteiger partial charge in [0.2, 0.25) is 0 Å². The predicted octanol–water partition coefficient (Wildman–Crippen LogP) is 4.10. The summed E-state index contributed by atoms with van der Waals surface area (Å²) in [6.07, 6.45) is 1.96. The van der Waals surface area contributed by atoms with Gasteiger partial charge in [-0.25, -0.2) is 4.79 Å². The van der Waals surface area contributed by atoms with Gasteiger partial charge in [-0.15, -0.1) is 0 Å². The van der Waals surface area contributed by atoms with E-state index in [9.17, 15) is 4.79 Å². The average molecular weight is 291 g/mol. The molecule has 1 aromatic carbocycles. The van der Waals surface area contributed by atoms with Crippen LogP contribution >= 0.6 is 0 Å². The first-order valence-corrected chi connectivity index (χ1v) is 7.06. The molecule has 3 aromatic rings. The van der Waals surface area contributed by atoms with E-state index in [4.69, 9.17) is 4.74 Å². The highest BCUT2D eigenvalue weighted by molar-refractivity contribution is 5.99. The van der Waals surface area contributed by atoms with Crippen LogP contribution in [0.2, 0.25) is 0 Å². The molecule has 0 aliphatic heterocycles. The van der Waals surface area contributed by atoms with E-state index in [0.717, 1.165) is 27.9 Å². The predicted molar refractivity (Wildman–Crippen MR) is 88.1 cm³/mol. The molecule has 0 amide bonds. The van der Waals surface area contributed by atoms with Crippen molar-refractivity contribution in [2.24, 2.45) is 0 Å². The van der Waals surface area contributed by atoms with Crippen molar-refractivity contribution >= 4 is 17.1 Å². The summed E-state index contributed by atoms with van der Waals surface area (Å²) >= 11 is 0. The molecule has 110 valence electrons. The van der Waals surface area contributed by atoms with Crippen LogP contribution in [0.3, 0.4) is 0 Å². The molecule has 0 saturated heterocycles. The van der Waals surface area contributed by atoms with Gasteiger partial charge >= 0.3 is 5.97 Å². The van der Waals surface area contributed by atoms with Crippen molar-refractivity contribution in [3.8, 4) is 0 Å². The van der Waals surface area contributed by atoms with Gasteiger partial charge in [0, 0.05) is 6.20 Å². The quantitative estimate of drug-likeness (QED) is 0.680. The monoisotopic (exact) mass is 291 g/mol. The van der Waals surface area contributed by atoms with Crippen molar-refractivity contribution < 1.29 is 9.53 Å². The second-order valence-electron chi connectivity index (χ2n) is 5.24. The zero-order chi connectivity index (χ0) is 15.7. The molecule has 3 rings (SSSR count). The summed E-state index contributed by atoms with van der Waals surface area (Å²) in [5.41, 5.74) is 5.26. The molecule has 0 bridgehead atoms. The number of rotatable bonds is 3. The third kappa shape index (κ3) is 2.31. The van der Waals surface area contributed by atoms with Gasteiger partial charge < -0.3 is 9.14 Å². The Morgan fingerprint density at radius 1 is 1.14 bits per heavy atom. The lowest BCUT2D eigenvalue weighted by Gasteiger charge is -2.07. The van der Waals surface area contributed by atoms with Crippen molar-refractivity contribution in [2.75, 3.05) is 7.11 Å². The van der Waals surface area contributed by atoms with Crippen LogP contribution in [0.25, 0.3) is 11.1 Å². The maximum atomic E-state index is 12.0. The van der Waals surface area contributed by atoms with Gasteiger partial charge in [0.25, 0.3) is 0 Å². The Kier molecular flexibility index (Phi) is 3.55. The van der Waals surface area contributed by atoms with Crippen LogP contribution < -0.4 is 0 Å². The van der Waals surface area contributed by atoms with E-state index < -0.39 is 0 Å². The number of esters is 1. The lowest BCUT2D eigenvalue weighted by atomic mass is 10.0. The minimum atomic E-state index is -0.338. The third-order valence-electron chi connectivity index (χ3n) is 3.76. The molecular weight excluding hydrogens is 274 g/mol. The normalized spacial score (nSPS) is 10.6. The lowest BCUT2D eigenvalue weighted by Crippen LogP contribution is -2.00. The largest absolute Gasteiger partial charge is 0.465 e. The Morgan fingerprint density at radius 2 is 1.86 bits per heavy atom. The zero-order valence-electron chi connectivity index (χ0n) is 12.7. The number of hydrogen-bond acceptors (Lipinski definition) is 2. The molecule has 0 saturated carbocycles. The number of hydrogen-bond donors (Lipinski definition) is 0. The molecule has 0 radical (unpaired) electrons. The summed E-state index contributed by atoms with van der Waals surface area (Å²) < 4.78 is 6.88. The zero-order valence-corrected chi connectivity index (χ0v) is 12.7. The van der Waals surface area contributed by atoms with Crippen LogP contribution in [0.15, 0.2) is 61.3 Å². The van der Waals surface area contributed by atoms with Gasteiger partial charge in [-0.2, -0.15) is 0 Å². The molecule has 0 N–H and O–H groups in total. The van der Waals surface area contributed by atoms with Crippen LogP contribution in [0.1, 0.15) is 27.2 Å². The number of methoxy groups -OCH3 is 1. The fraction of sp³-hybridized carbons (Fsp3) is 0.105. The number of pyridine rings is 1. The van der Waals surface area contributed by atoms with Crippen molar-refractivity contribution in [1.29, 1.82) is 0 Å². The average Bonchev–Trinajstić information content (AvgIpc) is 2.93. The number of benzene rings is 1. The molecule has 22 heavy (non-hydrogen) atoms. The summed E-state index contributed by atoms with van der Waals surface area (Å²) in [5.74, 6) is -0.338. The molecule has 0 atom stereocenters. The molecule has 2 aromatic heterocycles. The van der Waals surface area contributed by atoms with Crippen LogP contribution in [0.5, 0.6) is 0 Å². The van der Waals surface area contributed by atoms with Crippen molar-refractivity contribution in [1.82, 2.24) is 4.40 Å². The topological polar surface area (TPSA) is 30.7 Å². The standard InChI is InChI=1S/C19H17NO2/c1-13-9-10-20-17(14(2)15-7-5-4-6-8-15)12-16(18(20)11-13)19(21)22-3/h4-12H,2H2,1,3H3. The second-order valence-corrected chi connectivity index (χ2v) is 5.24. The van der Waals surface area contributed by atoms with E-state index in [2.05, 4.69) is 6.58 Å². The summed E-state index contributed by atoms with van der Waals surface area (Å²) in [7, 11) is 1.40. The van der Waals surface area contributed by atoms with Gasteiger partial charge in [-0.1, -0.05) is 36.9 Å². The Hall–Kier alpha value is -2.81. The highest BCUT2D eigenvalue weighted by Gasteiger charge is 2.18. The second kappa shape index (κ2) is 5.53. The van der Waals surface area contributed by atoms with Crippen molar-refractivity contribution in [3.63, 3.8) is 0 Å². The number of fused-ring (bicyclic) bond motifs is 1. The summed E-state index contributed by atoms with van der Waals surface area (Å²) in [6.45, 7) is 6.19. The molecule has 0 aliphatic carbocycles. The molecule has 3 heteroatoms. The Bertz CT molecular complexity index is 860. The first-order chi connectivity index (χ1) is 10.6. The van der Waals surface area contributed by atoms with Crippen molar-refractivity contribution in [3.05, 3.63) is 83.7 Å². The molecule has 0 aliphatic rings. The fourth-order valence-electron chi connectivity index (χ4n) is 2.60. The molecule has 0 fully saturated rings. The van der Waals surface area contributed by atoms with Crippen LogP contribution in [-0.2, 0) is 4.74 Å². The number of ether oxygens (including phenoxy) is 1. The maximum absolute atomic E-state index is 12.0. The summed E-state index contributed by atoms with van der Waals surface area (Å²) in [5, 5.41) is 0. The Labute approximate surface area is 129 Å². The summed E-state index contributed by atoms with van der Waals surface area (Å²) in [4.78, 5) is 12.0. The number of nitrogens with zero attached hydrogens (tertiary/aromatic N) is 1. The van der Waals surface area contributed by atoms with Gasteiger partial charge in [0.1, 0.15) is 0 Å². The van der Waals surface area contributed by atoms with Crippen LogP contribution in [0, 0.1) is 6.92 Å². The molecule has 0 unspecified atom stereocenters. The third-order valence-corrected chi connectivity index (χ3v) is 3.76. The Morgan fingerprint density at radius 3 is 2.55 bits per heavy atom. The van der Waals surface area contributed by atoms with Crippen molar-refractivity contribution in [2.45, 2.75) is 6.92 Å². The lowest BCUT2D eigenvalue weighted by molar-refractivity contribution is 0.0603. The maximum Gasteiger partial charge on any atom is 0.340 e. The highest BCUT2D eigenvalue weighted by Crippen LogP contribution is 2.27. The molecule has 0 spiro atoms. The van der Waals surface area contributed by atoms with E-state index >= 15 is 0 Å². The Balaban J connectivity index is 2.22. The van der Waals surface area contributed by atoms with E-state index in [0.29, 0.717) is 5.56 Å². The van der Waals surface area contributed by atoms with Gasteiger partial charge in [-0.3, -0.25) is 0 Å². The molecule has 2 heterocycles. The minimum Gasteiger partial charge on any atom is -0.465 e. The number of aryl methyl sites for hydroxylation is 1. The highest BCUT2D eigenvalue weighted by atomic mass is 16.5. The van der Waals surface area contributed by atoms with Crippen LogP contribution in [-0.4, -0.2) is 17.5 Å². The molecule has 3 nitrogen and oxygen atoms in total. The fourth-order valence-corrected chi connectivity index (χ4v) is 2.60. The SMILES string of the molecule is C=C(c1ccccc1)c1cc(C(=O)OC)c2cc(C)ccn12.